The highest BCUT2D eigenvalue weighted by molar-refractivity contribution is 9.11. The van der Waals surface area contributed by atoms with Gasteiger partial charge in [-0.15, -0.1) is 11.3 Å². The fraction of sp³-hybridized carbons (Fsp3) is 0.154. The molecule has 0 radical (unpaired) electrons. The molecule has 3 nitrogen and oxygen atoms in total. The summed E-state index contributed by atoms with van der Waals surface area (Å²) in [4.78, 5) is 1.27. The van der Waals surface area contributed by atoms with Crippen molar-refractivity contribution in [1.82, 2.24) is 0 Å². The first-order valence-corrected chi connectivity index (χ1v) is 6.97. The third-order valence-corrected chi connectivity index (χ3v) is 3.88. The largest absolute Gasteiger partial charge is 0.479 e. The first-order chi connectivity index (χ1) is 8.78. The van der Waals surface area contributed by atoms with Crippen molar-refractivity contribution >= 4 is 33.0 Å². The lowest BCUT2D eigenvalue weighted by molar-refractivity contribution is 0.368. The summed E-state index contributed by atoms with van der Waals surface area (Å²) in [5.41, 5.74) is 1.03. The maximum Gasteiger partial charge on any atom is 0.174 e. The van der Waals surface area contributed by atoms with Crippen molar-refractivity contribution in [1.29, 1.82) is 5.26 Å². The van der Waals surface area contributed by atoms with Crippen molar-refractivity contribution in [3.8, 4) is 11.8 Å². The SMILES string of the molecule is N#CCOc1ccc(NCc2ccc(Br)s2)cc1. The minimum Gasteiger partial charge on any atom is -0.479 e. The number of anilines is 1. The Hall–Kier alpha value is -1.51. The monoisotopic (exact) mass is 322 g/mol. The van der Waals surface area contributed by atoms with Gasteiger partial charge in [0.2, 0.25) is 0 Å². The Labute approximate surface area is 118 Å². The van der Waals surface area contributed by atoms with Gasteiger partial charge in [0, 0.05) is 17.1 Å². The molecule has 0 aliphatic carbocycles. The fourth-order valence-corrected chi connectivity index (χ4v) is 2.84. The number of nitrogens with zero attached hydrogens (tertiary/aromatic N) is 1. The van der Waals surface area contributed by atoms with Crippen LogP contribution < -0.4 is 10.1 Å². The van der Waals surface area contributed by atoms with Gasteiger partial charge in [0.05, 0.1) is 3.79 Å². The Kier molecular flexibility index (Phi) is 4.62. The third kappa shape index (κ3) is 3.76. The summed E-state index contributed by atoms with van der Waals surface area (Å²) < 4.78 is 6.32. The summed E-state index contributed by atoms with van der Waals surface area (Å²) in [5.74, 6) is 0.709. The van der Waals surface area contributed by atoms with E-state index in [1.54, 1.807) is 11.3 Å². The fourth-order valence-electron chi connectivity index (χ4n) is 1.42. The van der Waals surface area contributed by atoms with Crippen LogP contribution in [0.15, 0.2) is 40.2 Å². The van der Waals surface area contributed by atoms with Crippen molar-refractivity contribution in [3.63, 3.8) is 0 Å². The molecule has 0 unspecified atom stereocenters. The molecule has 0 saturated heterocycles. The maximum absolute atomic E-state index is 8.40. The number of halogens is 1. The molecule has 0 aliphatic heterocycles. The molecular formula is C13H11BrN2OS. The topological polar surface area (TPSA) is 45.0 Å². The Balaban J connectivity index is 1.88. The van der Waals surface area contributed by atoms with Crippen LogP contribution in [0, 0.1) is 11.3 Å². The second kappa shape index (κ2) is 6.43. The first-order valence-electron chi connectivity index (χ1n) is 5.36. The molecule has 1 heterocycles. The number of nitrogens with one attached hydrogen (secondary N) is 1. The van der Waals surface area contributed by atoms with Crippen LogP contribution in [0.2, 0.25) is 0 Å². The van der Waals surface area contributed by atoms with Crippen LogP contribution in [0.4, 0.5) is 5.69 Å². The molecular weight excluding hydrogens is 312 g/mol. The van der Waals surface area contributed by atoms with Gasteiger partial charge in [-0.05, 0) is 52.3 Å². The van der Waals surface area contributed by atoms with Crippen LogP contribution in [0.5, 0.6) is 5.75 Å². The van der Waals surface area contributed by atoms with Gasteiger partial charge in [-0.25, -0.2) is 0 Å². The normalized spacial score (nSPS) is 9.78. The Morgan fingerprint density at radius 1 is 1.22 bits per heavy atom. The number of thiophene rings is 1. The van der Waals surface area contributed by atoms with Crippen molar-refractivity contribution < 1.29 is 4.74 Å². The zero-order valence-electron chi connectivity index (χ0n) is 9.52. The minimum atomic E-state index is 0.0794. The molecule has 0 fully saturated rings. The molecule has 92 valence electrons. The van der Waals surface area contributed by atoms with Crippen LogP contribution in [0.25, 0.3) is 0 Å². The van der Waals surface area contributed by atoms with Gasteiger partial charge in [-0.3, -0.25) is 0 Å². The highest BCUT2D eigenvalue weighted by Gasteiger charge is 1.98. The lowest BCUT2D eigenvalue weighted by Crippen LogP contribution is -1.98. The molecule has 0 spiro atoms. The number of benzene rings is 1. The first kappa shape index (κ1) is 12.9. The van der Waals surface area contributed by atoms with Crippen LogP contribution in [-0.2, 0) is 6.54 Å². The number of nitriles is 1. The number of hydrogen-bond acceptors (Lipinski definition) is 4. The summed E-state index contributed by atoms with van der Waals surface area (Å²) in [7, 11) is 0. The van der Waals surface area contributed by atoms with Crippen molar-refractivity contribution in [2.24, 2.45) is 0 Å². The molecule has 1 aromatic carbocycles. The molecule has 2 rings (SSSR count). The van der Waals surface area contributed by atoms with E-state index in [9.17, 15) is 0 Å². The Morgan fingerprint density at radius 3 is 2.61 bits per heavy atom. The lowest BCUT2D eigenvalue weighted by atomic mass is 10.3. The van der Waals surface area contributed by atoms with E-state index in [0.717, 1.165) is 16.0 Å². The molecule has 18 heavy (non-hydrogen) atoms. The van der Waals surface area contributed by atoms with E-state index in [-0.39, 0.29) is 6.61 Å². The van der Waals surface area contributed by atoms with Crippen molar-refractivity contribution in [2.45, 2.75) is 6.54 Å². The van der Waals surface area contributed by atoms with Crippen LogP contribution in [0.1, 0.15) is 4.88 Å². The van der Waals surface area contributed by atoms with Gasteiger partial charge in [-0.1, -0.05) is 0 Å². The van der Waals surface area contributed by atoms with Gasteiger partial charge in [0.1, 0.15) is 11.8 Å². The second-order valence-electron chi connectivity index (χ2n) is 3.53. The van der Waals surface area contributed by atoms with Gasteiger partial charge in [0.25, 0.3) is 0 Å². The maximum atomic E-state index is 8.40. The predicted octanol–water partition coefficient (Wildman–Crippen LogP) is 4.03. The summed E-state index contributed by atoms with van der Waals surface area (Å²) in [5, 5.41) is 11.7. The minimum absolute atomic E-state index is 0.0794. The lowest BCUT2D eigenvalue weighted by Gasteiger charge is -2.06. The van der Waals surface area contributed by atoms with E-state index in [1.165, 1.54) is 4.88 Å². The van der Waals surface area contributed by atoms with Crippen molar-refractivity contribution in [3.05, 3.63) is 45.1 Å². The van der Waals surface area contributed by atoms with E-state index in [0.29, 0.717) is 5.75 Å². The van der Waals surface area contributed by atoms with E-state index in [2.05, 4.69) is 27.3 Å². The van der Waals surface area contributed by atoms with Gasteiger partial charge in [0.15, 0.2) is 6.61 Å². The van der Waals surface area contributed by atoms with Crippen LogP contribution in [-0.4, -0.2) is 6.61 Å². The standard InChI is InChI=1S/C13H11BrN2OS/c14-13-6-5-12(18-13)9-16-10-1-3-11(4-2-10)17-8-7-15/h1-6,16H,8-9H2. The van der Waals surface area contributed by atoms with E-state index in [1.807, 2.05) is 36.4 Å². The summed E-state index contributed by atoms with van der Waals surface area (Å²) in [6, 6.07) is 13.7. The molecule has 1 aromatic heterocycles. The molecule has 5 heteroatoms. The molecule has 0 aliphatic rings. The predicted molar refractivity (Wildman–Crippen MR) is 76.9 cm³/mol. The van der Waals surface area contributed by atoms with E-state index >= 15 is 0 Å². The zero-order valence-corrected chi connectivity index (χ0v) is 11.9. The smallest absolute Gasteiger partial charge is 0.174 e. The zero-order chi connectivity index (χ0) is 12.8. The number of rotatable bonds is 5. The summed E-state index contributed by atoms with van der Waals surface area (Å²) in [6.07, 6.45) is 0. The van der Waals surface area contributed by atoms with Gasteiger partial charge in [-0.2, -0.15) is 5.26 Å². The molecule has 0 amide bonds. The highest BCUT2D eigenvalue weighted by Crippen LogP contribution is 2.23. The summed E-state index contributed by atoms with van der Waals surface area (Å²) in [6.45, 7) is 0.880. The molecule has 0 saturated carbocycles. The second-order valence-corrected chi connectivity index (χ2v) is 6.08. The average Bonchev–Trinajstić information content (AvgIpc) is 2.81. The Bertz CT molecular complexity index is 545. The van der Waals surface area contributed by atoms with E-state index in [4.69, 9.17) is 10.00 Å². The van der Waals surface area contributed by atoms with Crippen LogP contribution >= 0.6 is 27.3 Å². The van der Waals surface area contributed by atoms with Crippen LogP contribution in [0.3, 0.4) is 0 Å². The molecule has 1 N–H and O–H groups in total. The Morgan fingerprint density at radius 2 is 2.00 bits per heavy atom. The van der Waals surface area contributed by atoms with E-state index < -0.39 is 0 Å². The summed E-state index contributed by atoms with van der Waals surface area (Å²) >= 11 is 5.15. The van der Waals surface area contributed by atoms with Gasteiger partial charge < -0.3 is 10.1 Å². The van der Waals surface area contributed by atoms with Gasteiger partial charge >= 0.3 is 0 Å². The highest BCUT2D eigenvalue weighted by atomic mass is 79.9. The quantitative estimate of drug-likeness (QED) is 0.904. The number of hydrogen-bond donors (Lipinski definition) is 1. The molecule has 2 aromatic rings. The van der Waals surface area contributed by atoms with Crippen molar-refractivity contribution in [2.75, 3.05) is 11.9 Å². The number of ether oxygens (including phenoxy) is 1. The third-order valence-electron chi connectivity index (χ3n) is 2.25. The average molecular weight is 323 g/mol. The molecule has 0 atom stereocenters. The molecule has 0 bridgehead atoms.